The molecule has 2 aromatic rings. The number of aryl methyl sites for hydroxylation is 1. The molecule has 0 aliphatic carbocycles. The van der Waals surface area contributed by atoms with Crippen molar-refractivity contribution < 1.29 is 14.3 Å². The second-order valence-electron chi connectivity index (χ2n) is 5.92. The van der Waals surface area contributed by atoms with E-state index >= 15 is 0 Å². The van der Waals surface area contributed by atoms with Crippen molar-refractivity contribution in [3.8, 4) is 5.69 Å². The first-order chi connectivity index (χ1) is 11.5. The van der Waals surface area contributed by atoms with E-state index in [9.17, 15) is 14.3 Å². The Bertz CT molecular complexity index is 695. The Hall–Kier alpha value is -2.21. The van der Waals surface area contributed by atoms with E-state index in [0.717, 1.165) is 18.5 Å². The summed E-state index contributed by atoms with van der Waals surface area (Å²) in [5, 5.41) is 17.0. The summed E-state index contributed by atoms with van der Waals surface area (Å²) in [6, 6.07) is 7.68. The number of carbonyl (C=O) groups excluding carboxylic acids is 1. The Kier molecular flexibility index (Phi) is 6.09. The molecular weight excluding hydrogens is 309 g/mol. The van der Waals surface area contributed by atoms with Crippen molar-refractivity contribution in [1.29, 1.82) is 0 Å². The lowest BCUT2D eigenvalue weighted by molar-refractivity contribution is 0.0812. The number of rotatable bonds is 7. The van der Waals surface area contributed by atoms with Gasteiger partial charge < -0.3 is 10.4 Å². The molecule has 2 rings (SSSR count). The second kappa shape index (κ2) is 8.06. The zero-order valence-electron chi connectivity index (χ0n) is 14.3. The first-order valence-electron chi connectivity index (χ1n) is 8.25. The fourth-order valence-electron chi connectivity index (χ4n) is 2.74. The van der Waals surface area contributed by atoms with Crippen molar-refractivity contribution in [2.75, 3.05) is 6.54 Å². The molecule has 24 heavy (non-hydrogen) atoms. The van der Waals surface area contributed by atoms with Gasteiger partial charge in [0, 0.05) is 12.2 Å². The number of hydrogen-bond donors (Lipinski definition) is 2. The highest BCUT2D eigenvalue weighted by atomic mass is 19.1. The quantitative estimate of drug-likeness (QED) is 0.819. The van der Waals surface area contributed by atoms with E-state index in [0.29, 0.717) is 5.69 Å². The molecule has 0 aliphatic heterocycles. The van der Waals surface area contributed by atoms with Crippen LogP contribution in [0.25, 0.3) is 5.69 Å². The lowest BCUT2D eigenvalue weighted by atomic mass is 9.96. The van der Waals surface area contributed by atoms with Crippen LogP contribution in [0.15, 0.2) is 30.3 Å². The maximum Gasteiger partial charge on any atom is 0.271 e. The van der Waals surface area contributed by atoms with Crippen LogP contribution in [0.1, 0.15) is 42.9 Å². The Morgan fingerprint density at radius 2 is 2.04 bits per heavy atom. The third-order valence-corrected chi connectivity index (χ3v) is 4.24. The summed E-state index contributed by atoms with van der Waals surface area (Å²) in [5.41, 5.74) is 1.53. The first-order valence-corrected chi connectivity index (χ1v) is 8.25. The number of benzene rings is 1. The van der Waals surface area contributed by atoms with E-state index in [1.807, 2.05) is 13.8 Å². The van der Waals surface area contributed by atoms with Gasteiger partial charge in [-0.25, -0.2) is 9.07 Å². The minimum Gasteiger partial charge on any atom is -0.391 e. The molecule has 0 spiro atoms. The minimum absolute atomic E-state index is 0.164. The van der Waals surface area contributed by atoms with Gasteiger partial charge in [0.15, 0.2) is 5.69 Å². The number of aromatic nitrogens is 2. The van der Waals surface area contributed by atoms with Crippen molar-refractivity contribution in [3.63, 3.8) is 0 Å². The van der Waals surface area contributed by atoms with Gasteiger partial charge in [-0.2, -0.15) is 5.10 Å². The van der Waals surface area contributed by atoms with Gasteiger partial charge in [0.05, 0.1) is 11.8 Å². The predicted octanol–water partition coefficient (Wildman–Crippen LogP) is 2.85. The molecule has 1 heterocycles. The van der Waals surface area contributed by atoms with E-state index in [1.54, 1.807) is 25.1 Å². The van der Waals surface area contributed by atoms with Crippen LogP contribution in [0.2, 0.25) is 0 Å². The van der Waals surface area contributed by atoms with Gasteiger partial charge in [0.1, 0.15) is 5.82 Å². The molecule has 1 aromatic carbocycles. The molecule has 1 aromatic heterocycles. The summed E-state index contributed by atoms with van der Waals surface area (Å²) < 4.78 is 14.9. The smallest absolute Gasteiger partial charge is 0.271 e. The summed E-state index contributed by atoms with van der Waals surface area (Å²) >= 11 is 0. The van der Waals surface area contributed by atoms with E-state index in [2.05, 4.69) is 10.4 Å². The first kappa shape index (κ1) is 18.1. The fourth-order valence-corrected chi connectivity index (χ4v) is 2.74. The number of aliphatic hydroxyl groups excluding tert-OH is 1. The number of nitrogens with zero attached hydrogens (tertiary/aromatic N) is 2. The largest absolute Gasteiger partial charge is 0.391 e. The second-order valence-corrected chi connectivity index (χ2v) is 5.92. The topological polar surface area (TPSA) is 67.2 Å². The van der Waals surface area contributed by atoms with Gasteiger partial charge in [-0.3, -0.25) is 4.79 Å². The average molecular weight is 333 g/mol. The van der Waals surface area contributed by atoms with E-state index in [-0.39, 0.29) is 29.9 Å². The van der Waals surface area contributed by atoms with Crippen molar-refractivity contribution in [1.82, 2.24) is 15.1 Å². The van der Waals surface area contributed by atoms with Crippen molar-refractivity contribution in [2.24, 2.45) is 5.92 Å². The van der Waals surface area contributed by atoms with Gasteiger partial charge in [-0.1, -0.05) is 32.8 Å². The molecule has 0 aliphatic rings. The minimum atomic E-state index is -0.574. The van der Waals surface area contributed by atoms with Crippen LogP contribution in [0, 0.1) is 18.7 Å². The molecule has 0 saturated heterocycles. The third kappa shape index (κ3) is 4.20. The summed E-state index contributed by atoms with van der Waals surface area (Å²) in [6.45, 7) is 6.03. The maximum absolute atomic E-state index is 13.4. The molecule has 0 saturated carbocycles. The van der Waals surface area contributed by atoms with E-state index in [1.165, 1.54) is 16.8 Å². The average Bonchev–Trinajstić information content (AvgIpc) is 2.95. The number of halogens is 1. The lowest BCUT2D eigenvalue weighted by Gasteiger charge is -2.19. The number of amides is 1. The molecule has 6 heteroatoms. The van der Waals surface area contributed by atoms with Crippen LogP contribution in [0.5, 0.6) is 0 Å². The Labute approximate surface area is 141 Å². The maximum atomic E-state index is 13.4. The van der Waals surface area contributed by atoms with Gasteiger partial charge >= 0.3 is 0 Å². The molecule has 5 nitrogen and oxygen atoms in total. The molecule has 0 fully saturated rings. The van der Waals surface area contributed by atoms with Crippen LogP contribution in [0.3, 0.4) is 0 Å². The molecule has 1 unspecified atom stereocenters. The van der Waals surface area contributed by atoms with Crippen LogP contribution >= 0.6 is 0 Å². The molecule has 2 N–H and O–H groups in total. The summed E-state index contributed by atoms with van der Waals surface area (Å²) in [5.74, 6) is -0.545. The highest BCUT2D eigenvalue weighted by molar-refractivity contribution is 5.92. The summed E-state index contributed by atoms with van der Waals surface area (Å²) in [6.07, 6.45) is 1.15. The zero-order valence-corrected chi connectivity index (χ0v) is 14.3. The summed E-state index contributed by atoms with van der Waals surface area (Å²) in [4.78, 5) is 12.2. The van der Waals surface area contributed by atoms with Crippen LogP contribution in [0.4, 0.5) is 4.39 Å². The van der Waals surface area contributed by atoms with E-state index in [4.69, 9.17) is 0 Å². The Morgan fingerprint density at radius 1 is 1.33 bits per heavy atom. The lowest BCUT2D eigenvalue weighted by Crippen LogP contribution is -2.36. The monoisotopic (exact) mass is 333 g/mol. The van der Waals surface area contributed by atoms with Gasteiger partial charge in [0.2, 0.25) is 0 Å². The third-order valence-electron chi connectivity index (χ3n) is 4.24. The van der Waals surface area contributed by atoms with Crippen molar-refractivity contribution in [2.45, 2.75) is 39.7 Å². The summed E-state index contributed by atoms with van der Waals surface area (Å²) in [7, 11) is 0. The molecule has 0 bridgehead atoms. The normalized spacial score (nSPS) is 12.4. The van der Waals surface area contributed by atoms with Gasteiger partial charge in [-0.05, 0) is 37.1 Å². The number of nitrogens with one attached hydrogen (secondary N) is 1. The number of carbonyl (C=O) groups is 1. The van der Waals surface area contributed by atoms with E-state index < -0.39 is 6.10 Å². The Balaban J connectivity index is 2.08. The van der Waals surface area contributed by atoms with Crippen LogP contribution in [-0.2, 0) is 0 Å². The van der Waals surface area contributed by atoms with Crippen LogP contribution < -0.4 is 5.32 Å². The molecule has 1 amide bonds. The highest BCUT2D eigenvalue weighted by Gasteiger charge is 2.18. The highest BCUT2D eigenvalue weighted by Crippen LogP contribution is 2.14. The SMILES string of the molecule is CCC(CC)C(O)CNC(=O)c1cc(C)n(-c2cccc(F)c2)n1. The van der Waals surface area contributed by atoms with Crippen LogP contribution in [-0.4, -0.2) is 33.4 Å². The van der Waals surface area contributed by atoms with Crippen molar-refractivity contribution in [3.05, 3.63) is 47.5 Å². The van der Waals surface area contributed by atoms with Gasteiger partial charge in [-0.15, -0.1) is 0 Å². The Morgan fingerprint density at radius 3 is 2.67 bits per heavy atom. The molecular formula is C18H24FN3O2. The van der Waals surface area contributed by atoms with Gasteiger partial charge in [0.25, 0.3) is 5.91 Å². The standard InChI is InChI=1S/C18H24FN3O2/c1-4-13(5-2)17(23)11-20-18(24)16-9-12(3)22(21-16)15-8-6-7-14(19)10-15/h6-10,13,17,23H,4-5,11H2,1-3H3,(H,20,24). The molecule has 130 valence electrons. The molecule has 0 radical (unpaired) electrons. The molecule has 1 atom stereocenters. The fraction of sp³-hybridized carbons (Fsp3) is 0.444. The van der Waals surface area contributed by atoms with Crippen molar-refractivity contribution >= 4 is 5.91 Å². The zero-order chi connectivity index (χ0) is 17.7. The number of hydrogen-bond acceptors (Lipinski definition) is 3. The number of aliphatic hydroxyl groups is 1. The predicted molar refractivity (Wildman–Crippen MR) is 90.7 cm³/mol.